The third-order valence-electron chi connectivity index (χ3n) is 13.7. The first-order chi connectivity index (χ1) is 30.7. The summed E-state index contributed by atoms with van der Waals surface area (Å²) < 4.78 is 13.1. The van der Waals surface area contributed by atoms with Crippen LogP contribution < -0.4 is 4.90 Å². The molecule has 0 saturated heterocycles. The van der Waals surface area contributed by atoms with Gasteiger partial charge < -0.3 is 13.7 Å². The van der Waals surface area contributed by atoms with Gasteiger partial charge in [-0.05, 0) is 122 Å². The second-order valence-corrected chi connectivity index (χ2v) is 16.7. The van der Waals surface area contributed by atoms with Crippen molar-refractivity contribution in [2.45, 2.75) is 5.41 Å². The topological polar surface area (TPSA) is 29.5 Å². The smallest absolute Gasteiger partial charge is 0.137 e. The molecule has 0 saturated carbocycles. The highest BCUT2D eigenvalue weighted by Gasteiger charge is 2.51. The van der Waals surface area contributed by atoms with Crippen LogP contribution in [0.25, 0.3) is 88.0 Å². The van der Waals surface area contributed by atoms with E-state index in [1.54, 1.807) is 0 Å². The zero-order valence-corrected chi connectivity index (χ0v) is 33.5. The van der Waals surface area contributed by atoms with Crippen molar-refractivity contribution in [3.63, 3.8) is 0 Å². The van der Waals surface area contributed by atoms with E-state index in [2.05, 4.69) is 211 Å². The van der Waals surface area contributed by atoms with Crippen LogP contribution >= 0.6 is 0 Å². The van der Waals surface area contributed by atoms with Crippen LogP contribution in [0.2, 0.25) is 0 Å². The van der Waals surface area contributed by atoms with Crippen molar-refractivity contribution in [3.05, 3.63) is 235 Å². The number of hydrogen-bond acceptors (Lipinski definition) is 3. The predicted octanol–water partition coefficient (Wildman–Crippen LogP) is 16.1. The van der Waals surface area contributed by atoms with Gasteiger partial charge in [0.2, 0.25) is 0 Å². The number of anilines is 3. The highest BCUT2D eigenvalue weighted by molar-refractivity contribution is 6.15. The zero-order chi connectivity index (χ0) is 40.5. The molecule has 3 heteroatoms. The summed E-state index contributed by atoms with van der Waals surface area (Å²) in [5.74, 6) is 0. The van der Waals surface area contributed by atoms with Crippen LogP contribution in [-0.4, -0.2) is 0 Å². The third kappa shape index (κ3) is 4.44. The summed E-state index contributed by atoms with van der Waals surface area (Å²) in [5, 5.41) is 6.75. The Hall–Kier alpha value is -8.14. The van der Waals surface area contributed by atoms with Crippen molar-refractivity contribution in [2.75, 3.05) is 4.90 Å². The van der Waals surface area contributed by atoms with Crippen LogP contribution in [0.15, 0.2) is 221 Å². The first-order valence-electron chi connectivity index (χ1n) is 21.3. The van der Waals surface area contributed by atoms with E-state index in [1.807, 2.05) is 6.07 Å². The molecule has 14 rings (SSSR count). The molecule has 0 radical (unpaired) electrons. The summed E-state index contributed by atoms with van der Waals surface area (Å²) in [6.45, 7) is 0. The molecule has 288 valence electrons. The van der Waals surface area contributed by atoms with E-state index in [0.717, 1.165) is 72.1 Å². The molecular weight excluding hydrogens is 755 g/mol. The largest absolute Gasteiger partial charge is 0.456 e. The zero-order valence-electron chi connectivity index (χ0n) is 33.5. The SMILES string of the molecule is c1ccc(N(c2ccc3c(c2)C2(c4ccccc4-c4ccccc42)c2ccccc2-3)c2cccc3oc4ccccc4c23)c(-c2ccc3oc4cc5ccccc5cc4c3c2)c1. The van der Waals surface area contributed by atoms with Gasteiger partial charge >= 0.3 is 0 Å². The van der Waals surface area contributed by atoms with Crippen LogP contribution in [0.1, 0.15) is 22.3 Å². The fraction of sp³-hybridized carbons (Fsp3) is 0.0169. The van der Waals surface area contributed by atoms with Crippen LogP contribution in [-0.2, 0) is 5.41 Å². The number of para-hydroxylation sites is 2. The first kappa shape index (κ1) is 33.7. The van der Waals surface area contributed by atoms with Gasteiger partial charge in [-0.25, -0.2) is 0 Å². The van der Waals surface area contributed by atoms with Crippen LogP contribution in [0.4, 0.5) is 17.1 Å². The summed E-state index contributed by atoms with van der Waals surface area (Å²) in [5.41, 5.74) is 18.9. The van der Waals surface area contributed by atoms with E-state index < -0.39 is 5.41 Å². The Bertz CT molecular complexity index is 3780. The minimum atomic E-state index is -0.480. The van der Waals surface area contributed by atoms with Gasteiger partial charge in [0, 0.05) is 27.4 Å². The molecule has 1 spiro atoms. The minimum absolute atomic E-state index is 0.480. The summed E-state index contributed by atoms with van der Waals surface area (Å²) in [7, 11) is 0. The molecule has 0 amide bonds. The average Bonchev–Trinajstić information content (AvgIpc) is 4.06. The summed E-state index contributed by atoms with van der Waals surface area (Å²) in [4.78, 5) is 2.47. The molecule has 62 heavy (non-hydrogen) atoms. The Kier molecular flexibility index (Phi) is 6.76. The van der Waals surface area contributed by atoms with Crippen molar-refractivity contribution in [1.82, 2.24) is 0 Å². The summed E-state index contributed by atoms with van der Waals surface area (Å²) >= 11 is 0. The van der Waals surface area contributed by atoms with Crippen molar-refractivity contribution in [2.24, 2.45) is 0 Å². The Balaban J connectivity index is 1.05. The van der Waals surface area contributed by atoms with Crippen molar-refractivity contribution in [3.8, 4) is 33.4 Å². The minimum Gasteiger partial charge on any atom is -0.456 e. The maximum Gasteiger partial charge on any atom is 0.137 e. The van der Waals surface area contributed by atoms with Gasteiger partial charge in [0.1, 0.15) is 22.3 Å². The van der Waals surface area contributed by atoms with Gasteiger partial charge in [0.05, 0.1) is 22.2 Å². The van der Waals surface area contributed by atoms with Gasteiger partial charge in [-0.15, -0.1) is 0 Å². The molecule has 0 atom stereocenters. The lowest BCUT2D eigenvalue weighted by Crippen LogP contribution is -2.26. The van der Waals surface area contributed by atoms with Gasteiger partial charge in [0.25, 0.3) is 0 Å². The van der Waals surface area contributed by atoms with Crippen molar-refractivity contribution in [1.29, 1.82) is 0 Å². The van der Waals surface area contributed by atoms with E-state index in [0.29, 0.717) is 0 Å². The fourth-order valence-electron chi connectivity index (χ4n) is 11.1. The highest BCUT2D eigenvalue weighted by atomic mass is 16.3. The Labute approximate surface area is 357 Å². The molecule has 2 aliphatic carbocycles. The van der Waals surface area contributed by atoms with Crippen molar-refractivity contribution >= 4 is 71.7 Å². The number of fused-ring (bicyclic) bond motifs is 17. The number of rotatable bonds is 4. The average molecular weight is 790 g/mol. The van der Waals surface area contributed by atoms with E-state index in [1.165, 1.54) is 55.3 Å². The molecular formula is C59H35NO2. The monoisotopic (exact) mass is 789 g/mol. The number of nitrogens with zero attached hydrogens (tertiary/aromatic N) is 1. The van der Waals surface area contributed by atoms with Gasteiger partial charge in [-0.1, -0.05) is 152 Å². The summed E-state index contributed by atoms with van der Waals surface area (Å²) in [6, 6.07) is 77.4. The van der Waals surface area contributed by atoms with Crippen LogP contribution in [0, 0.1) is 0 Å². The highest BCUT2D eigenvalue weighted by Crippen LogP contribution is 2.63. The molecule has 0 aliphatic heterocycles. The number of benzene rings is 10. The molecule has 3 nitrogen and oxygen atoms in total. The van der Waals surface area contributed by atoms with Gasteiger partial charge in [0.15, 0.2) is 0 Å². The lowest BCUT2D eigenvalue weighted by Gasteiger charge is -2.33. The van der Waals surface area contributed by atoms with E-state index in [9.17, 15) is 0 Å². The standard InChI is InChI=1S/C59H35NO2/c1-2-15-37-34-57-47(32-36(37)14-1)46-33-38(28-31-55(46)62-57)40-16-6-11-24-52(40)60(53-25-13-27-56-58(53)45-20-7-12-26-54(45)61-56)39-29-30-44-43-19-5-10-23-50(43)59(51(44)35-39)48-21-8-3-17-41(48)42-18-4-9-22-49(42)59/h1-35H. The molecule has 2 aromatic heterocycles. The molecule has 0 bridgehead atoms. The lowest BCUT2D eigenvalue weighted by atomic mass is 9.70. The molecule has 0 fully saturated rings. The molecule has 12 aromatic rings. The van der Waals surface area contributed by atoms with E-state index in [-0.39, 0.29) is 0 Å². The van der Waals surface area contributed by atoms with Crippen molar-refractivity contribution < 1.29 is 8.83 Å². The maximum atomic E-state index is 6.57. The Morgan fingerprint density at radius 1 is 0.323 bits per heavy atom. The third-order valence-corrected chi connectivity index (χ3v) is 13.7. The number of hydrogen-bond donors (Lipinski definition) is 0. The van der Waals surface area contributed by atoms with E-state index in [4.69, 9.17) is 8.83 Å². The molecule has 10 aromatic carbocycles. The summed E-state index contributed by atoms with van der Waals surface area (Å²) in [6.07, 6.45) is 0. The quantitative estimate of drug-likeness (QED) is 0.178. The van der Waals surface area contributed by atoms with E-state index >= 15 is 0 Å². The van der Waals surface area contributed by atoms with Gasteiger partial charge in [-0.2, -0.15) is 0 Å². The lowest BCUT2D eigenvalue weighted by molar-refractivity contribution is 0.669. The Morgan fingerprint density at radius 3 is 1.63 bits per heavy atom. The molecule has 2 aliphatic rings. The second-order valence-electron chi connectivity index (χ2n) is 16.7. The normalized spacial score (nSPS) is 13.3. The van der Waals surface area contributed by atoms with Crippen LogP contribution in [0.5, 0.6) is 0 Å². The molecule has 0 N–H and O–H groups in total. The van der Waals surface area contributed by atoms with Gasteiger partial charge in [-0.3, -0.25) is 0 Å². The fourth-order valence-corrected chi connectivity index (χ4v) is 11.1. The number of furan rings is 2. The molecule has 0 unspecified atom stereocenters. The second kappa shape index (κ2) is 12.4. The maximum absolute atomic E-state index is 6.57. The first-order valence-corrected chi connectivity index (χ1v) is 21.3. The molecule has 2 heterocycles. The van der Waals surface area contributed by atoms with Crippen LogP contribution in [0.3, 0.4) is 0 Å². The Morgan fingerprint density at radius 2 is 0.871 bits per heavy atom. The predicted molar refractivity (Wildman–Crippen MR) is 255 cm³/mol.